The summed E-state index contributed by atoms with van der Waals surface area (Å²) in [6, 6.07) is 5.89. The monoisotopic (exact) mass is 293 g/mol. The lowest BCUT2D eigenvalue weighted by Gasteiger charge is -2.36. The van der Waals surface area contributed by atoms with Gasteiger partial charge in [0.25, 0.3) is 0 Å². The lowest BCUT2D eigenvalue weighted by atomic mass is 10.1. The predicted molar refractivity (Wildman–Crippen MR) is 88.1 cm³/mol. The van der Waals surface area contributed by atoms with Crippen LogP contribution in [0, 0.1) is 0 Å². The Kier molecular flexibility index (Phi) is 5.16. The molecule has 0 aliphatic rings. The highest BCUT2D eigenvalue weighted by Crippen LogP contribution is 2.37. The molecule has 0 aromatic heterocycles. The molecular formula is C16H27NO2Si. The highest BCUT2D eigenvalue weighted by Gasteiger charge is 2.37. The van der Waals surface area contributed by atoms with Crippen LogP contribution in [0.3, 0.4) is 0 Å². The lowest BCUT2D eigenvalue weighted by molar-refractivity contribution is 0.112. The molecule has 0 saturated heterocycles. The Morgan fingerprint density at radius 2 is 1.80 bits per heavy atom. The van der Waals surface area contributed by atoms with Crippen LogP contribution in [-0.2, 0) is 11.0 Å². The van der Waals surface area contributed by atoms with Crippen molar-refractivity contribution in [3.63, 3.8) is 0 Å². The van der Waals surface area contributed by atoms with Crippen molar-refractivity contribution in [1.29, 1.82) is 0 Å². The topological polar surface area (TPSA) is 29.5 Å². The minimum absolute atomic E-state index is 0.194. The van der Waals surface area contributed by atoms with E-state index >= 15 is 0 Å². The van der Waals surface area contributed by atoms with Crippen LogP contribution in [0.25, 0.3) is 0 Å². The van der Waals surface area contributed by atoms with Gasteiger partial charge >= 0.3 is 0 Å². The zero-order valence-electron chi connectivity index (χ0n) is 13.8. The van der Waals surface area contributed by atoms with Crippen molar-refractivity contribution in [2.24, 2.45) is 0 Å². The van der Waals surface area contributed by atoms with Gasteiger partial charge in [-0.15, -0.1) is 0 Å². The van der Waals surface area contributed by atoms with Crippen LogP contribution in [0.15, 0.2) is 18.2 Å². The maximum Gasteiger partial charge on any atom is 0.192 e. The number of benzene rings is 1. The second kappa shape index (κ2) is 6.10. The van der Waals surface area contributed by atoms with Crippen molar-refractivity contribution >= 4 is 20.3 Å². The maximum atomic E-state index is 11.0. The molecule has 3 nitrogen and oxygen atoms in total. The number of carbonyl (C=O) groups excluding carboxylic acids is 1. The largest absolute Gasteiger partial charge is 0.413 e. The molecule has 1 rings (SSSR count). The summed E-state index contributed by atoms with van der Waals surface area (Å²) in [5.41, 5.74) is 2.79. The van der Waals surface area contributed by atoms with E-state index in [1.54, 1.807) is 0 Å². The van der Waals surface area contributed by atoms with Crippen molar-refractivity contribution in [2.75, 3.05) is 19.0 Å². The van der Waals surface area contributed by atoms with E-state index in [0.29, 0.717) is 12.2 Å². The summed E-state index contributed by atoms with van der Waals surface area (Å²) in [6.45, 7) is 11.7. The van der Waals surface area contributed by atoms with Gasteiger partial charge in [-0.2, -0.15) is 0 Å². The zero-order chi connectivity index (χ0) is 15.6. The van der Waals surface area contributed by atoms with Crippen LogP contribution in [0.1, 0.15) is 36.7 Å². The maximum absolute atomic E-state index is 11.0. The Bertz CT molecular complexity index is 476. The zero-order valence-corrected chi connectivity index (χ0v) is 14.8. The number of nitrogens with zero attached hydrogens (tertiary/aromatic N) is 1. The summed E-state index contributed by atoms with van der Waals surface area (Å²) in [6.07, 6.45) is 0.892. The van der Waals surface area contributed by atoms with Crippen LogP contribution in [0.5, 0.6) is 0 Å². The molecule has 0 fully saturated rings. The third-order valence-corrected chi connectivity index (χ3v) is 8.54. The molecule has 0 amide bonds. The smallest absolute Gasteiger partial charge is 0.192 e. The van der Waals surface area contributed by atoms with Crippen molar-refractivity contribution < 1.29 is 9.22 Å². The van der Waals surface area contributed by atoms with Gasteiger partial charge in [-0.25, -0.2) is 0 Å². The Hall–Kier alpha value is -1.13. The summed E-state index contributed by atoms with van der Waals surface area (Å²) in [4.78, 5) is 13.0. The number of anilines is 1. The molecule has 4 heteroatoms. The van der Waals surface area contributed by atoms with Gasteiger partial charge in [0.05, 0.1) is 6.61 Å². The molecule has 0 radical (unpaired) electrons. The molecule has 0 spiro atoms. The third-order valence-electron chi connectivity index (χ3n) is 4.06. The molecule has 0 aliphatic heterocycles. The first kappa shape index (κ1) is 16.9. The Morgan fingerprint density at radius 1 is 1.20 bits per heavy atom. The lowest BCUT2D eigenvalue weighted by Crippen LogP contribution is -2.40. The van der Waals surface area contributed by atoms with E-state index in [9.17, 15) is 4.79 Å². The first-order valence-electron chi connectivity index (χ1n) is 6.97. The summed E-state index contributed by atoms with van der Waals surface area (Å²) in [7, 11) is 2.19. The van der Waals surface area contributed by atoms with Gasteiger partial charge in [0.15, 0.2) is 8.32 Å². The molecule has 1 aromatic carbocycles. The average Bonchev–Trinajstić information content (AvgIpc) is 2.34. The first-order valence-corrected chi connectivity index (χ1v) is 9.88. The standard InChI is InChI=1S/C16H27NO2Si/c1-16(2,3)20(6,7)19-12-14-8-13(11-18)9-15(10-14)17(4)5/h8-11H,12H2,1-7H3. The minimum Gasteiger partial charge on any atom is -0.413 e. The summed E-state index contributed by atoms with van der Waals surface area (Å²) in [5.74, 6) is 0. The summed E-state index contributed by atoms with van der Waals surface area (Å²) in [5, 5.41) is 0.194. The Balaban J connectivity index is 2.93. The molecule has 0 atom stereocenters. The van der Waals surface area contributed by atoms with Crippen LogP contribution in [0.2, 0.25) is 18.1 Å². The van der Waals surface area contributed by atoms with E-state index in [1.807, 2.05) is 31.1 Å². The van der Waals surface area contributed by atoms with E-state index < -0.39 is 8.32 Å². The molecule has 20 heavy (non-hydrogen) atoms. The van der Waals surface area contributed by atoms with Gasteiger partial charge in [0, 0.05) is 25.3 Å². The SMILES string of the molecule is CN(C)c1cc(C=O)cc(CO[Si](C)(C)C(C)(C)C)c1. The second-order valence-corrected chi connectivity index (χ2v) is 11.8. The first-order chi connectivity index (χ1) is 9.06. The van der Waals surface area contributed by atoms with Gasteiger partial charge in [0.2, 0.25) is 0 Å². The molecular weight excluding hydrogens is 266 g/mol. The molecule has 0 aliphatic carbocycles. The van der Waals surface area contributed by atoms with Crippen molar-refractivity contribution in [1.82, 2.24) is 0 Å². The van der Waals surface area contributed by atoms with Crippen LogP contribution >= 0.6 is 0 Å². The number of hydrogen-bond acceptors (Lipinski definition) is 3. The van der Waals surface area contributed by atoms with Crippen LogP contribution in [0.4, 0.5) is 5.69 Å². The summed E-state index contributed by atoms with van der Waals surface area (Å²) >= 11 is 0. The summed E-state index contributed by atoms with van der Waals surface area (Å²) < 4.78 is 6.22. The quantitative estimate of drug-likeness (QED) is 0.605. The van der Waals surface area contributed by atoms with Gasteiger partial charge in [-0.3, -0.25) is 4.79 Å². The van der Waals surface area contributed by atoms with Crippen molar-refractivity contribution in [3.05, 3.63) is 29.3 Å². The van der Waals surface area contributed by atoms with E-state index in [2.05, 4.69) is 39.9 Å². The van der Waals surface area contributed by atoms with Gasteiger partial charge in [-0.1, -0.05) is 20.8 Å². The Morgan fingerprint density at radius 3 is 2.25 bits per heavy atom. The fourth-order valence-electron chi connectivity index (χ4n) is 1.59. The predicted octanol–water partition coefficient (Wildman–Crippen LogP) is 4.09. The molecule has 0 bridgehead atoms. The average molecular weight is 293 g/mol. The van der Waals surface area contributed by atoms with E-state index in [4.69, 9.17) is 4.43 Å². The fraction of sp³-hybridized carbons (Fsp3) is 0.562. The molecule has 1 aromatic rings. The fourth-order valence-corrected chi connectivity index (χ4v) is 2.55. The highest BCUT2D eigenvalue weighted by molar-refractivity contribution is 6.74. The van der Waals surface area contributed by atoms with E-state index in [-0.39, 0.29) is 5.04 Å². The van der Waals surface area contributed by atoms with Gasteiger partial charge < -0.3 is 9.33 Å². The van der Waals surface area contributed by atoms with Crippen molar-refractivity contribution in [3.8, 4) is 0 Å². The Labute approximate surface area is 124 Å². The second-order valence-electron chi connectivity index (χ2n) is 6.99. The van der Waals surface area contributed by atoms with Crippen LogP contribution in [-0.4, -0.2) is 28.7 Å². The molecule has 112 valence electrons. The van der Waals surface area contributed by atoms with Crippen LogP contribution < -0.4 is 4.90 Å². The normalized spacial score (nSPS) is 12.3. The molecule has 0 heterocycles. The number of carbonyl (C=O) groups is 1. The number of hydrogen-bond donors (Lipinski definition) is 0. The van der Waals surface area contributed by atoms with E-state index in [1.165, 1.54) is 0 Å². The molecule has 0 unspecified atom stereocenters. The number of aldehydes is 1. The van der Waals surface area contributed by atoms with Gasteiger partial charge in [-0.05, 0) is 41.9 Å². The minimum atomic E-state index is -1.76. The highest BCUT2D eigenvalue weighted by atomic mass is 28.4. The van der Waals surface area contributed by atoms with Crippen molar-refractivity contribution in [2.45, 2.75) is 45.5 Å². The third kappa shape index (κ3) is 4.18. The number of rotatable bonds is 5. The van der Waals surface area contributed by atoms with Gasteiger partial charge in [0.1, 0.15) is 6.29 Å². The molecule has 0 N–H and O–H groups in total. The molecule has 0 saturated carbocycles. The van der Waals surface area contributed by atoms with E-state index in [0.717, 1.165) is 17.5 Å².